The van der Waals surface area contributed by atoms with Crippen molar-refractivity contribution in [3.63, 3.8) is 0 Å². The SMILES string of the molecule is CN=c1sc(NC(=O)c2ccccc2)nn1Cc1ccccc1. The molecule has 1 aromatic heterocycles. The summed E-state index contributed by atoms with van der Waals surface area (Å²) in [5.41, 5.74) is 1.74. The van der Waals surface area contributed by atoms with Gasteiger partial charge < -0.3 is 0 Å². The topological polar surface area (TPSA) is 59.3 Å². The fourth-order valence-corrected chi connectivity index (χ4v) is 2.90. The van der Waals surface area contributed by atoms with Crippen LogP contribution in [0, 0.1) is 0 Å². The molecule has 1 N–H and O–H groups in total. The van der Waals surface area contributed by atoms with Gasteiger partial charge in [-0.1, -0.05) is 59.9 Å². The van der Waals surface area contributed by atoms with Crippen LogP contribution in [-0.2, 0) is 6.54 Å². The van der Waals surface area contributed by atoms with Gasteiger partial charge >= 0.3 is 0 Å². The average Bonchev–Trinajstić information content (AvgIpc) is 2.98. The number of amides is 1. The minimum absolute atomic E-state index is 0.172. The molecule has 0 radical (unpaired) electrons. The highest BCUT2D eigenvalue weighted by molar-refractivity contribution is 7.13. The minimum atomic E-state index is -0.172. The first-order chi connectivity index (χ1) is 11.3. The van der Waals surface area contributed by atoms with Gasteiger partial charge in [0.1, 0.15) is 0 Å². The summed E-state index contributed by atoms with van der Waals surface area (Å²) in [5.74, 6) is -0.172. The molecule has 0 fully saturated rings. The molecule has 0 aliphatic rings. The summed E-state index contributed by atoms with van der Waals surface area (Å²) in [5, 5.41) is 7.82. The number of nitrogens with one attached hydrogen (secondary N) is 1. The number of rotatable bonds is 4. The van der Waals surface area contributed by atoms with Crippen molar-refractivity contribution in [2.45, 2.75) is 6.54 Å². The predicted molar refractivity (Wildman–Crippen MR) is 91.5 cm³/mol. The Morgan fingerprint density at radius 2 is 1.78 bits per heavy atom. The van der Waals surface area contributed by atoms with E-state index in [1.807, 2.05) is 48.5 Å². The first-order valence-electron chi connectivity index (χ1n) is 7.17. The normalized spacial score (nSPS) is 11.4. The highest BCUT2D eigenvalue weighted by Crippen LogP contribution is 2.10. The molecule has 6 heteroatoms. The number of anilines is 1. The van der Waals surface area contributed by atoms with Crippen LogP contribution in [0.1, 0.15) is 15.9 Å². The molecule has 1 amide bonds. The van der Waals surface area contributed by atoms with Gasteiger partial charge in [0.2, 0.25) is 9.93 Å². The summed E-state index contributed by atoms with van der Waals surface area (Å²) < 4.78 is 1.79. The molecule has 1 heterocycles. The molecular formula is C17H16N4OS. The highest BCUT2D eigenvalue weighted by atomic mass is 32.1. The van der Waals surface area contributed by atoms with Crippen molar-refractivity contribution in [3.8, 4) is 0 Å². The van der Waals surface area contributed by atoms with Crippen LogP contribution in [-0.4, -0.2) is 22.7 Å². The van der Waals surface area contributed by atoms with Crippen LogP contribution in [0.15, 0.2) is 65.7 Å². The van der Waals surface area contributed by atoms with Crippen molar-refractivity contribution in [1.82, 2.24) is 9.78 Å². The maximum atomic E-state index is 12.2. The van der Waals surface area contributed by atoms with Crippen LogP contribution in [0.5, 0.6) is 0 Å². The summed E-state index contributed by atoms with van der Waals surface area (Å²) in [6.07, 6.45) is 0. The molecule has 5 nitrogen and oxygen atoms in total. The maximum absolute atomic E-state index is 12.2. The van der Waals surface area contributed by atoms with Gasteiger partial charge in [-0.3, -0.25) is 15.1 Å². The highest BCUT2D eigenvalue weighted by Gasteiger charge is 2.10. The van der Waals surface area contributed by atoms with Crippen molar-refractivity contribution < 1.29 is 4.79 Å². The Morgan fingerprint density at radius 3 is 2.43 bits per heavy atom. The number of carbonyl (C=O) groups excluding carboxylic acids is 1. The minimum Gasteiger partial charge on any atom is -0.296 e. The molecule has 116 valence electrons. The van der Waals surface area contributed by atoms with Crippen molar-refractivity contribution in [2.24, 2.45) is 4.99 Å². The van der Waals surface area contributed by atoms with Gasteiger partial charge in [0.15, 0.2) is 0 Å². The lowest BCUT2D eigenvalue weighted by atomic mass is 10.2. The van der Waals surface area contributed by atoms with E-state index in [1.165, 1.54) is 11.3 Å². The molecule has 0 unspecified atom stereocenters. The Balaban J connectivity index is 1.81. The largest absolute Gasteiger partial charge is 0.296 e. The molecule has 23 heavy (non-hydrogen) atoms. The van der Waals surface area contributed by atoms with Crippen LogP contribution in [0.25, 0.3) is 0 Å². The third kappa shape index (κ3) is 3.73. The van der Waals surface area contributed by atoms with Crippen molar-refractivity contribution in [3.05, 3.63) is 76.6 Å². The second kappa shape index (κ2) is 7.02. The van der Waals surface area contributed by atoms with E-state index in [4.69, 9.17) is 0 Å². The van der Waals surface area contributed by atoms with E-state index in [2.05, 4.69) is 15.4 Å². The maximum Gasteiger partial charge on any atom is 0.257 e. The molecule has 0 bridgehead atoms. The Morgan fingerprint density at radius 1 is 1.13 bits per heavy atom. The van der Waals surface area contributed by atoms with Gasteiger partial charge in [-0.25, -0.2) is 4.68 Å². The van der Waals surface area contributed by atoms with E-state index in [9.17, 15) is 4.79 Å². The zero-order valence-electron chi connectivity index (χ0n) is 12.6. The molecule has 0 spiro atoms. The fourth-order valence-electron chi connectivity index (χ4n) is 2.14. The van der Waals surface area contributed by atoms with Crippen LogP contribution in [0.2, 0.25) is 0 Å². The van der Waals surface area contributed by atoms with Crippen molar-refractivity contribution in [1.29, 1.82) is 0 Å². The molecule has 3 aromatic rings. The van der Waals surface area contributed by atoms with Gasteiger partial charge in [0, 0.05) is 12.6 Å². The standard InChI is InChI=1S/C17H16N4OS/c1-18-17-21(12-13-8-4-2-5-9-13)20-16(23-17)19-15(22)14-10-6-3-7-11-14/h2-11H,12H2,1H3,(H,19,20,22). The zero-order chi connectivity index (χ0) is 16.1. The lowest BCUT2D eigenvalue weighted by Crippen LogP contribution is -2.17. The van der Waals surface area contributed by atoms with Crippen LogP contribution >= 0.6 is 11.3 Å². The van der Waals surface area contributed by atoms with Gasteiger partial charge in [-0.2, -0.15) is 0 Å². The monoisotopic (exact) mass is 324 g/mol. The summed E-state index contributed by atoms with van der Waals surface area (Å²) in [6.45, 7) is 0.616. The Labute approximate surface area is 138 Å². The molecule has 0 atom stereocenters. The first-order valence-corrected chi connectivity index (χ1v) is 7.99. The lowest BCUT2D eigenvalue weighted by molar-refractivity contribution is 0.102. The van der Waals surface area contributed by atoms with Gasteiger partial charge in [0.25, 0.3) is 5.91 Å². The van der Waals surface area contributed by atoms with E-state index in [0.717, 1.165) is 10.4 Å². The molecular weight excluding hydrogens is 308 g/mol. The number of aromatic nitrogens is 2. The van der Waals surface area contributed by atoms with E-state index < -0.39 is 0 Å². The van der Waals surface area contributed by atoms with E-state index >= 15 is 0 Å². The Hall–Kier alpha value is -2.73. The van der Waals surface area contributed by atoms with Gasteiger partial charge in [-0.05, 0) is 17.7 Å². The number of benzene rings is 2. The molecule has 0 saturated carbocycles. The fraction of sp³-hybridized carbons (Fsp3) is 0.118. The van der Waals surface area contributed by atoms with E-state index in [1.54, 1.807) is 23.9 Å². The second-order valence-corrected chi connectivity index (χ2v) is 5.83. The van der Waals surface area contributed by atoms with Gasteiger partial charge in [0.05, 0.1) is 6.54 Å². The Bertz CT molecular complexity index is 853. The van der Waals surface area contributed by atoms with Crippen molar-refractivity contribution >= 4 is 22.4 Å². The molecule has 3 rings (SSSR count). The summed E-state index contributed by atoms with van der Waals surface area (Å²) >= 11 is 1.35. The lowest BCUT2D eigenvalue weighted by Gasteiger charge is -2.02. The molecule has 0 aliphatic carbocycles. The van der Waals surface area contributed by atoms with Crippen molar-refractivity contribution in [2.75, 3.05) is 12.4 Å². The quantitative estimate of drug-likeness (QED) is 0.802. The molecule has 0 saturated heterocycles. The predicted octanol–water partition coefficient (Wildman–Crippen LogP) is 2.78. The summed E-state index contributed by atoms with van der Waals surface area (Å²) in [4.78, 5) is 17.2. The molecule has 2 aromatic carbocycles. The van der Waals surface area contributed by atoms with Gasteiger partial charge in [-0.15, -0.1) is 5.10 Å². The number of hydrogen-bond donors (Lipinski definition) is 1. The zero-order valence-corrected chi connectivity index (χ0v) is 13.5. The van der Waals surface area contributed by atoms with E-state index in [0.29, 0.717) is 17.2 Å². The first kappa shape index (κ1) is 15.2. The number of hydrogen-bond acceptors (Lipinski definition) is 4. The van der Waals surface area contributed by atoms with Crippen LogP contribution < -0.4 is 10.1 Å². The summed E-state index contributed by atoms with van der Waals surface area (Å²) in [7, 11) is 1.72. The molecule has 0 aliphatic heterocycles. The van der Waals surface area contributed by atoms with Crippen LogP contribution in [0.4, 0.5) is 5.13 Å². The number of carbonyl (C=O) groups is 1. The number of nitrogens with zero attached hydrogens (tertiary/aromatic N) is 3. The smallest absolute Gasteiger partial charge is 0.257 e. The second-order valence-electron chi connectivity index (χ2n) is 4.88. The average molecular weight is 324 g/mol. The van der Waals surface area contributed by atoms with E-state index in [-0.39, 0.29) is 5.91 Å². The third-order valence-electron chi connectivity index (χ3n) is 3.24. The third-order valence-corrected chi connectivity index (χ3v) is 4.20. The van der Waals surface area contributed by atoms with Crippen LogP contribution in [0.3, 0.4) is 0 Å². The Kier molecular flexibility index (Phi) is 4.63. The summed E-state index contributed by atoms with van der Waals surface area (Å²) in [6, 6.07) is 19.1.